The largest absolute Gasteiger partial charge is 0.449 e. The molecule has 5 nitrogen and oxygen atoms in total. The first-order valence-electron chi connectivity index (χ1n) is 8.89. The molecule has 0 bridgehead atoms. The molecule has 0 saturated carbocycles. The topological polar surface area (TPSA) is 67.4 Å². The minimum Gasteiger partial charge on any atom is -0.449 e. The van der Waals surface area contributed by atoms with E-state index in [1.54, 1.807) is 36.0 Å². The second-order valence-corrected chi connectivity index (χ2v) is 7.71. The van der Waals surface area contributed by atoms with Crippen LogP contribution < -0.4 is 10.6 Å². The number of benzene rings is 2. The molecule has 0 atom stereocenters. The zero-order valence-electron chi connectivity index (χ0n) is 16.0. The van der Waals surface area contributed by atoms with Crippen LogP contribution in [0, 0.1) is 12.8 Å². The zero-order chi connectivity index (χ0) is 19.6. The van der Waals surface area contributed by atoms with E-state index in [9.17, 15) is 9.59 Å². The quantitative estimate of drug-likeness (QED) is 0.664. The maximum atomic E-state index is 12.1. The zero-order valence-corrected chi connectivity index (χ0v) is 16.8. The first-order valence-corrected chi connectivity index (χ1v) is 10.0. The van der Waals surface area contributed by atoms with Crippen LogP contribution in [0.4, 0.5) is 16.2 Å². The predicted octanol–water partition coefficient (Wildman–Crippen LogP) is 5.07. The highest BCUT2D eigenvalue weighted by Crippen LogP contribution is 2.17. The summed E-state index contributed by atoms with van der Waals surface area (Å²) in [6, 6.07) is 15.3. The number of hydrogen-bond acceptors (Lipinski definition) is 4. The van der Waals surface area contributed by atoms with Crippen LogP contribution in [0.5, 0.6) is 0 Å². The van der Waals surface area contributed by atoms with Crippen LogP contribution >= 0.6 is 11.8 Å². The van der Waals surface area contributed by atoms with Crippen molar-refractivity contribution in [3.63, 3.8) is 0 Å². The summed E-state index contributed by atoms with van der Waals surface area (Å²) in [6.45, 7) is 6.36. The second-order valence-electron chi connectivity index (χ2n) is 6.72. The highest BCUT2D eigenvalue weighted by atomic mass is 32.2. The smallest absolute Gasteiger partial charge is 0.411 e. The Morgan fingerprint density at radius 3 is 2.37 bits per heavy atom. The van der Waals surface area contributed by atoms with Crippen molar-refractivity contribution >= 4 is 35.1 Å². The van der Waals surface area contributed by atoms with Crippen molar-refractivity contribution in [2.75, 3.05) is 23.0 Å². The third-order valence-corrected chi connectivity index (χ3v) is 4.57. The predicted molar refractivity (Wildman–Crippen MR) is 112 cm³/mol. The maximum absolute atomic E-state index is 12.1. The summed E-state index contributed by atoms with van der Waals surface area (Å²) in [5, 5.41) is 5.51. The van der Waals surface area contributed by atoms with Gasteiger partial charge < -0.3 is 10.1 Å². The van der Waals surface area contributed by atoms with E-state index in [4.69, 9.17) is 4.74 Å². The summed E-state index contributed by atoms with van der Waals surface area (Å²) in [7, 11) is 0. The van der Waals surface area contributed by atoms with Gasteiger partial charge in [0, 0.05) is 17.1 Å². The van der Waals surface area contributed by atoms with E-state index in [0.29, 0.717) is 23.7 Å². The number of nitrogens with one attached hydrogen (secondary N) is 2. The van der Waals surface area contributed by atoms with Gasteiger partial charge in [-0.05, 0) is 36.6 Å². The molecule has 0 radical (unpaired) electrons. The van der Waals surface area contributed by atoms with Crippen molar-refractivity contribution in [1.29, 1.82) is 0 Å². The number of ether oxygens (including phenoxy) is 1. The lowest BCUT2D eigenvalue weighted by Crippen LogP contribution is -2.17. The minimum atomic E-state index is -0.499. The van der Waals surface area contributed by atoms with Gasteiger partial charge in [-0.15, -0.1) is 11.8 Å². The molecule has 27 heavy (non-hydrogen) atoms. The van der Waals surface area contributed by atoms with Crippen molar-refractivity contribution in [1.82, 2.24) is 0 Å². The van der Waals surface area contributed by atoms with E-state index >= 15 is 0 Å². The molecule has 0 aromatic heterocycles. The summed E-state index contributed by atoms with van der Waals surface area (Å²) in [6.07, 6.45) is -0.499. The number of carbonyl (C=O) groups is 2. The van der Waals surface area contributed by atoms with E-state index in [2.05, 4.69) is 41.8 Å². The Morgan fingerprint density at radius 1 is 1.04 bits per heavy atom. The SMILES string of the molecule is Cc1ccc(CSCC(=O)Nc2cccc(NC(=O)OCC(C)C)c2)cc1. The van der Waals surface area contributed by atoms with Gasteiger partial charge in [-0.25, -0.2) is 4.79 Å². The highest BCUT2D eigenvalue weighted by Gasteiger charge is 2.07. The summed E-state index contributed by atoms with van der Waals surface area (Å²) in [5.74, 6) is 1.35. The molecule has 0 aliphatic heterocycles. The van der Waals surface area contributed by atoms with Gasteiger partial charge in [-0.2, -0.15) is 0 Å². The lowest BCUT2D eigenvalue weighted by molar-refractivity contribution is -0.113. The van der Waals surface area contributed by atoms with Gasteiger partial charge in [0.1, 0.15) is 0 Å². The van der Waals surface area contributed by atoms with Crippen molar-refractivity contribution in [2.24, 2.45) is 5.92 Å². The van der Waals surface area contributed by atoms with Crippen molar-refractivity contribution in [2.45, 2.75) is 26.5 Å². The molecule has 6 heteroatoms. The molecule has 0 aliphatic rings. The summed E-state index contributed by atoms with van der Waals surface area (Å²) >= 11 is 1.56. The number of thioether (sulfide) groups is 1. The van der Waals surface area contributed by atoms with Crippen LogP contribution in [0.25, 0.3) is 0 Å². The van der Waals surface area contributed by atoms with Gasteiger partial charge in [0.25, 0.3) is 0 Å². The Bertz CT molecular complexity index is 760. The Morgan fingerprint density at radius 2 is 1.70 bits per heavy atom. The van der Waals surface area contributed by atoms with Gasteiger partial charge >= 0.3 is 6.09 Å². The van der Waals surface area contributed by atoms with Gasteiger partial charge in [-0.1, -0.05) is 49.7 Å². The molecule has 0 saturated heterocycles. The van der Waals surface area contributed by atoms with Crippen LogP contribution in [0.3, 0.4) is 0 Å². The summed E-state index contributed by atoms with van der Waals surface area (Å²) in [4.78, 5) is 23.8. The number of rotatable bonds is 8. The van der Waals surface area contributed by atoms with Gasteiger partial charge in [-0.3, -0.25) is 10.1 Å². The highest BCUT2D eigenvalue weighted by molar-refractivity contribution is 7.99. The molecule has 2 rings (SSSR count). The monoisotopic (exact) mass is 386 g/mol. The average Bonchev–Trinajstić information content (AvgIpc) is 2.62. The Balaban J connectivity index is 1.78. The van der Waals surface area contributed by atoms with E-state index in [1.807, 2.05) is 13.8 Å². The Labute approximate surface area is 164 Å². The van der Waals surface area contributed by atoms with Crippen molar-refractivity contribution in [3.05, 3.63) is 59.7 Å². The second kappa shape index (κ2) is 10.6. The number of anilines is 2. The Hall–Kier alpha value is -2.47. The lowest BCUT2D eigenvalue weighted by Gasteiger charge is -2.10. The molecule has 2 N–H and O–H groups in total. The third kappa shape index (κ3) is 8.17. The molecule has 0 fully saturated rings. The first kappa shape index (κ1) is 20.8. The molecule has 0 unspecified atom stereocenters. The fraction of sp³-hybridized carbons (Fsp3) is 0.333. The third-order valence-electron chi connectivity index (χ3n) is 3.56. The molecule has 0 aliphatic carbocycles. The van der Waals surface area contributed by atoms with Crippen LogP contribution in [0.2, 0.25) is 0 Å². The van der Waals surface area contributed by atoms with Crippen molar-refractivity contribution < 1.29 is 14.3 Å². The maximum Gasteiger partial charge on any atom is 0.411 e. The average molecular weight is 387 g/mol. The van der Waals surface area contributed by atoms with Crippen LogP contribution in [0.1, 0.15) is 25.0 Å². The van der Waals surface area contributed by atoms with E-state index in [1.165, 1.54) is 11.1 Å². The summed E-state index contributed by atoms with van der Waals surface area (Å²) in [5.41, 5.74) is 3.64. The fourth-order valence-corrected chi connectivity index (χ4v) is 3.00. The van der Waals surface area contributed by atoms with E-state index in [-0.39, 0.29) is 11.8 Å². The summed E-state index contributed by atoms with van der Waals surface area (Å²) < 4.78 is 5.09. The molecule has 144 valence electrons. The normalized spacial score (nSPS) is 10.5. The molecule has 0 spiro atoms. The van der Waals surface area contributed by atoms with Crippen LogP contribution in [-0.2, 0) is 15.3 Å². The van der Waals surface area contributed by atoms with Gasteiger partial charge in [0.05, 0.1) is 12.4 Å². The van der Waals surface area contributed by atoms with Gasteiger partial charge in [0.15, 0.2) is 0 Å². The van der Waals surface area contributed by atoms with Crippen LogP contribution in [-0.4, -0.2) is 24.4 Å². The first-order chi connectivity index (χ1) is 12.9. The standard InChI is InChI=1S/C21H26N2O3S/c1-15(2)12-26-21(25)23-19-6-4-5-18(11-19)22-20(24)14-27-13-17-9-7-16(3)8-10-17/h4-11,15H,12-14H2,1-3H3,(H,22,24)(H,23,25). The molecule has 2 aromatic carbocycles. The lowest BCUT2D eigenvalue weighted by atomic mass is 10.2. The number of amides is 2. The Kier molecular flexibility index (Phi) is 8.20. The van der Waals surface area contributed by atoms with E-state index in [0.717, 1.165) is 5.75 Å². The molecule has 2 aromatic rings. The fourth-order valence-electron chi connectivity index (χ4n) is 2.21. The molecule has 0 heterocycles. The minimum absolute atomic E-state index is 0.0772. The number of hydrogen-bond donors (Lipinski definition) is 2. The van der Waals surface area contributed by atoms with Gasteiger partial charge in [0.2, 0.25) is 5.91 Å². The van der Waals surface area contributed by atoms with Crippen molar-refractivity contribution in [3.8, 4) is 0 Å². The number of carbonyl (C=O) groups excluding carboxylic acids is 2. The van der Waals surface area contributed by atoms with Crippen LogP contribution in [0.15, 0.2) is 48.5 Å². The van der Waals surface area contributed by atoms with E-state index < -0.39 is 6.09 Å². The number of aryl methyl sites for hydroxylation is 1. The molecule has 2 amide bonds. The molecular weight excluding hydrogens is 360 g/mol. The molecular formula is C21H26N2O3S.